The van der Waals surface area contributed by atoms with Crippen LogP contribution < -0.4 is 9.80 Å². The summed E-state index contributed by atoms with van der Waals surface area (Å²) in [5.74, 6) is 0. The number of hydrogen-bond donors (Lipinski definition) is 0. The summed E-state index contributed by atoms with van der Waals surface area (Å²) in [4.78, 5) is 4.86. The van der Waals surface area contributed by atoms with E-state index < -0.39 is 5.41 Å². The molecule has 0 atom stereocenters. The van der Waals surface area contributed by atoms with Crippen LogP contribution in [0.3, 0.4) is 0 Å². The summed E-state index contributed by atoms with van der Waals surface area (Å²) in [6, 6.07) is 82.0. The van der Waals surface area contributed by atoms with E-state index in [1.807, 2.05) is 0 Å². The van der Waals surface area contributed by atoms with E-state index in [1.165, 1.54) is 110 Å². The fourth-order valence-corrected chi connectivity index (χ4v) is 12.0. The zero-order valence-corrected chi connectivity index (χ0v) is 38.2. The van der Waals surface area contributed by atoms with Crippen molar-refractivity contribution in [3.05, 3.63) is 263 Å². The van der Waals surface area contributed by atoms with E-state index >= 15 is 0 Å². The maximum Gasteiger partial charge on any atom is 0.0737 e. The molecule has 2 heteroatoms. The number of anilines is 6. The van der Waals surface area contributed by atoms with Gasteiger partial charge >= 0.3 is 0 Å². The Hall–Kier alpha value is -8.20. The number of hydrogen-bond acceptors (Lipinski definition) is 2. The molecular formula is C65H48N2. The van der Waals surface area contributed by atoms with Gasteiger partial charge in [-0.05, 0) is 182 Å². The normalized spacial score (nSPS) is 12.9. The third-order valence-corrected chi connectivity index (χ3v) is 14.7. The van der Waals surface area contributed by atoms with Crippen LogP contribution in [0.1, 0.15) is 44.5 Å². The molecule has 1 spiro atoms. The summed E-state index contributed by atoms with van der Waals surface area (Å²) < 4.78 is 0. The number of benzene rings is 11. The van der Waals surface area contributed by atoms with Gasteiger partial charge in [-0.3, -0.25) is 0 Å². The molecule has 2 nitrogen and oxygen atoms in total. The Morgan fingerprint density at radius 2 is 0.881 bits per heavy atom. The van der Waals surface area contributed by atoms with Crippen molar-refractivity contribution >= 4 is 66.4 Å². The minimum Gasteiger partial charge on any atom is -0.310 e. The molecular weight excluding hydrogens is 809 g/mol. The smallest absolute Gasteiger partial charge is 0.0737 e. The molecule has 0 bridgehead atoms. The van der Waals surface area contributed by atoms with Crippen molar-refractivity contribution in [2.24, 2.45) is 0 Å². The van der Waals surface area contributed by atoms with Gasteiger partial charge in [0.1, 0.15) is 0 Å². The fourth-order valence-electron chi connectivity index (χ4n) is 12.0. The van der Waals surface area contributed by atoms with Gasteiger partial charge in [-0.1, -0.05) is 163 Å². The van der Waals surface area contributed by atoms with Crippen molar-refractivity contribution in [3.8, 4) is 22.3 Å². The standard InChI is InChI=1S/C65H48N2/c1-41-28-36-60(44(4)37-41)66(46-17-7-5-8-18-46)49-32-35-55-57(40-49)51-21-11-12-24-54(51)62-56-33-30-45-39-48(67(47-19-9-6-10-20-47)61-38-42(2)27-29-43(61)3)31-34-50(45)63(56)65(64(55)62)58-25-15-13-22-52(58)53-23-14-16-26-59(53)65/h5-40H,1-4H3. The zero-order valence-electron chi connectivity index (χ0n) is 38.2. The average Bonchev–Trinajstić information content (AvgIpc) is 3.85. The van der Waals surface area contributed by atoms with Crippen LogP contribution in [0.15, 0.2) is 218 Å². The molecule has 0 saturated carbocycles. The summed E-state index contributed by atoms with van der Waals surface area (Å²) in [6.07, 6.45) is 0. The Morgan fingerprint density at radius 3 is 1.57 bits per heavy atom. The highest BCUT2D eigenvalue weighted by Crippen LogP contribution is 2.67. The molecule has 0 aliphatic heterocycles. The molecule has 0 N–H and O–H groups in total. The number of para-hydroxylation sites is 2. The quantitative estimate of drug-likeness (QED) is 0.154. The van der Waals surface area contributed by atoms with Crippen molar-refractivity contribution in [3.63, 3.8) is 0 Å². The topological polar surface area (TPSA) is 6.48 Å². The Morgan fingerprint density at radius 1 is 0.313 bits per heavy atom. The van der Waals surface area contributed by atoms with Crippen molar-refractivity contribution in [1.82, 2.24) is 0 Å². The van der Waals surface area contributed by atoms with Gasteiger partial charge in [0.25, 0.3) is 0 Å². The minimum atomic E-state index is -0.582. The fraction of sp³-hybridized carbons (Fsp3) is 0.0769. The molecule has 67 heavy (non-hydrogen) atoms. The van der Waals surface area contributed by atoms with Gasteiger partial charge < -0.3 is 9.80 Å². The molecule has 0 radical (unpaired) electrons. The second kappa shape index (κ2) is 14.9. The molecule has 13 rings (SSSR count). The molecule has 0 saturated heterocycles. The van der Waals surface area contributed by atoms with Gasteiger partial charge in [0.2, 0.25) is 0 Å². The summed E-state index contributed by atoms with van der Waals surface area (Å²) in [5, 5.41) is 7.57. The first-order valence-corrected chi connectivity index (χ1v) is 23.5. The van der Waals surface area contributed by atoms with Crippen LogP contribution in [-0.4, -0.2) is 0 Å². The Balaban J connectivity index is 1.12. The predicted molar refractivity (Wildman–Crippen MR) is 284 cm³/mol. The lowest BCUT2D eigenvalue weighted by Crippen LogP contribution is -2.26. The van der Waals surface area contributed by atoms with Gasteiger partial charge in [0, 0.05) is 34.1 Å². The first-order valence-electron chi connectivity index (χ1n) is 23.5. The second-order valence-electron chi connectivity index (χ2n) is 18.7. The Bertz CT molecular complexity index is 3760. The van der Waals surface area contributed by atoms with E-state index in [2.05, 4.69) is 256 Å². The van der Waals surface area contributed by atoms with E-state index in [1.54, 1.807) is 0 Å². The van der Waals surface area contributed by atoms with Crippen LogP contribution in [-0.2, 0) is 5.41 Å². The van der Waals surface area contributed by atoms with Crippen LogP contribution in [0.2, 0.25) is 0 Å². The highest BCUT2D eigenvalue weighted by Gasteiger charge is 2.53. The van der Waals surface area contributed by atoms with Crippen LogP contribution in [0.25, 0.3) is 54.6 Å². The monoisotopic (exact) mass is 856 g/mol. The summed E-state index contributed by atoms with van der Waals surface area (Å²) >= 11 is 0. The molecule has 11 aromatic carbocycles. The van der Waals surface area contributed by atoms with Crippen LogP contribution in [0, 0.1) is 27.7 Å². The second-order valence-corrected chi connectivity index (χ2v) is 18.7. The summed E-state index contributed by atoms with van der Waals surface area (Å²) in [6.45, 7) is 8.80. The van der Waals surface area contributed by atoms with Crippen LogP contribution >= 0.6 is 0 Å². The lowest BCUT2D eigenvalue weighted by molar-refractivity contribution is 0.809. The highest BCUT2D eigenvalue weighted by molar-refractivity contribution is 6.22. The van der Waals surface area contributed by atoms with Crippen molar-refractivity contribution < 1.29 is 0 Å². The van der Waals surface area contributed by atoms with Gasteiger partial charge in [0.15, 0.2) is 0 Å². The van der Waals surface area contributed by atoms with Crippen molar-refractivity contribution in [2.75, 3.05) is 9.80 Å². The van der Waals surface area contributed by atoms with Crippen molar-refractivity contribution in [2.45, 2.75) is 33.1 Å². The van der Waals surface area contributed by atoms with E-state index in [-0.39, 0.29) is 0 Å². The lowest BCUT2D eigenvalue weighted by atomic mass is 9.68. The van der Waals surface area contributed by atoms with Crippen LogP contribution in [0.4, 0.5) is 34.1 Å². The van der Waals surface area contributed by atoms with Crippen LogP contribution in [0.5, 0.6) is 0 Å². The SMILES string of the molecule is Cc1ccc(N(c2ccccc2)c2ccc3c4c(c5ccccc5c3c2)-c2ccc3cc(N(c5ccccc5)c5cc(C)ccc5C)ccc3c2C42c3ccccc3-c3ccccc32)c(C)c1. The van der Waals surface area contributed by atoms with E-state index in [0.717, 1.165) is 22.7 Å². The van der Waals surface area contributed by atoms with Gasteiger partial charge in [0.05, 0.1) is 5.41 Å². The minimum absolute atomic E-state index is 0.582. The van der Waals surface area contributed by atoms with E-state index in [4.69, 9.17) is 0 Å². The number of aryl methyl sites for hydroxylation is 4. The number of fused-ring (bicyclic) bond motifs is 17. The largest absolute Gasteiger partial charge is 0.310 e. The maximum absolute atomic E-state index is 2.46. The van der Waals surface area contributed by atoms with Gasteiger partial charge in [-0.2, -0.15) is 0 Å². The average molecular weight is 857 g/mol. The summed E-state index contributed by atoms with van der Waals surface area (Å²) in [5.41, 5.74) is 22.0. The molecule has 0 fully saturated rings. The third-order valence-electron chi connectivity index (χ3n) is 14.7. The maximum atomic E-state index is 2.46. The lowest BCUT2D eigenvalue weighted by Gasteiger charge is -2.33. The predicted octanol–water partition coefficient (Wildman–Crippen LogP) is 17.7. The van der Waals surface area contributed by atoms with E-state index in [0.29, 0.717) is 0 Å². The van der Waals surface area contributed by atoms with Gasteiger partial charge in [-0.15, -0.1) is 0 Å². The first-order chi connectivity index (χ1) is 32.9. The first kappa shape index (κ1) is 39.2. The molecule has 0 unspecified atom stereocenters. The third kappa shape index (κ3) is 5.69. The number of rotatable bonds is 6. The highest BCUT2D eigenvalue weighted by atomic mass is 15.1. The zero-order chi connectivity index (χ0) is 45.0. The van der Waals surface area contributed by atoms with Gasteiger partial charge in [-0.25, -0.2) is 0 Å². The summed E-state index contributed by atoms with van der Waals surface area (Å²) in [7, 11) is 0. The molecule has 0 amide bonds. The molecule has 318 valence electrons. The Kier molecular flexibility index (Phi) is 8.73. The molecule has 2 aliphatic carbocycles. The molecule has 2 aliphatic rings. The molecule has 0 aromatic heterocycles. The van der Waals surface area contributed by atoms with Crippen molar-refractivity contribution in [1.29, 1.82) is 0 Å². The number of nitrogens with zero attached hydrogens (tertiary/aromatic N) is 2. The molecule has 11 aromatic rings. The Labute approximate surface area is 392 Å². The van der Waals surface area contributed by atoms with E-state index in [9.17, 15) is 0 Å². The molecule has 0 heterocycles.